The van der Waals surface area contributed by atoms with Gasteiger partial charge in [0.25, 0.3) is 5.91 Å². The molecule has 2 heterocycles. The van der Waals surface area contributed by atoms with Gasteiger partial charge in [0, 0.05) is 25.1 Å². The van der Waals surface area contributed by atoms with Crippen molar-refractivity contribution in [3.05, 3.63) is 106 Å². The average molecular weight is 670 g/mol. The van der Waals surface area contributed by atoms with Crippen LogP contribution < -0.4 is 34.4 Å². The van der Waals surface area contributed by atoms with Gasteiger partial charge in [0.05, 0.1) is 5.56 Å². The van der Waals surface area contributed by atoms with Crippen LogP contribution in [0.2, 0.25) is 0 Å². The monoisotopic (exact) mass is 669 g/mol. The zero-order valence-electron chi connectivity index (χ0n) is 23.2. The zero-order chi connectivity index (χ0) is 29.0. The number of benzene rings is 3. The van der Waals surface area contributed by atoms with Crippen molar-refractivity contribution in [2.45, 2.75) is 25.9 Å². The van der Waals surface area contributed by atoms with Gasteiger partial charge in [-0.15, -0.1) is 0 Å². The fraction of sp³-hybridized carbons (Fsp3) is 0.250. The van der Waals surface area contributed by atoms with E-state index in [1.807, 2.05) is 19.2 Å². The van der Waals surface area contributed by atoms with Crippen molar-refractivity contribution in [2.75, 3.05) is 29.2 Å². The number of nitrogens with one attached hydrogen (secondary N) is 3. The summed E-state index contributed by atoms with van der Waals surface area (Å²) in [6.07, 6.45) is 5.08. The van der Waals surface area contributed by atoms with E-state index >= 15 is 0 Å². The van der Waals surface area contributed by atoms with Crippen LogP contribution in [-0.2, 0) is 7.05 Å². The predicted molar refractivity (Wildman–Crippen MR) is 158 cm³/mol. The number of halogens is 2. The summed E-state index contributed by atoms with van der Waals surface area (Å²) in [7, 11) is 1.82. The number of carbonyl (C=O) groups excluding carboxylic acids is 2. The van der Waals surface area contributed by atoms with Crippen LogP contribution in [0.3, 0.4) is 0 Å². The van der Waals surface area contributed by atoms with Crippen LogP contribution in [0.4, 0.5) is 27.1 Å². The summed E-state index contributed by atoms with van der Waals surface area (Å²) in [6, 6.07) is 21.3. The summed E-state index contributed by atoms with van der Waals surface area (Å²) >= 11 is -2.11. The molecule has 1 aliphatic rings. The van der Waals surface area contributed by atoms with Crippen molar-refractivity contribution in [3.8, 4) is 0 Å². The molecule has 0 unspecified atom stereocenters. The van der Waals surface area contributed by atoms with Gasteiger partial charge in [-0.1, -0.05) is 0 Å². The summed E-state index contributed by atoms with van der Waals surface area (Å²) in [4.78, 5) is 25.2. The van der Waals surface area contributed by atoms with Gasteiger partial charge in [0.15, 0.2) is 0 Å². The minimum absolute atomic E-state index is 0.163. The Kier molecular flexibility index (Phi) is 8.74. The number of aliphatic hydroxyl groups is 1. The van der Waals surface area contributed by atoms with E-state index in [1.54, 1.807) is 59.4 Å². The van der Waals surface area contributed by atoms with Gasteiger partial charge in [0.2, 0.25) is 0 Å². The number of hydrogen-bond acceptors (Lipinski definition) is 4. The Balaban J connectivity index is 1.18. The molecule has 216 valence electrons. The molecule has 7 nitrogen and oxygen atoms in total. The summed E-state index contributed by atoms with van der Waals surface area (Å²) in [5.41, 5.74) is 3.00. The fourth-order valence-corrected chi connectivity index (χ4v) is 14.8. The number of aryl methyl sites for hydroxylation is 1. The maximum absolute atomic E-state index is 14.8. The molecule has 9 heteroatoms. The van der Waals surface area contributed by atoms with Gasteiger partial charge < -0.3 is 9.88 Å². The van der Waals surface area contributed by atoms with Gasteiger partial charge in [-0.05, 0) is 24.3 Å². The van der Waals surface area contributed by atoms with Crippen molar-refractivity contribution < 1.29 is 37.5 Å². The van der Waals surface area contributed by atoms with Crippen LogP contribution in [0.25, 0.3) is 0 Å². The van der Waals surface area contributed by atoms with Crippen molar-refractivity contribution in [1.82, 2.24) is 4.57 Å². The van der Waals surface area contributed by atoms with E-state index in [0.29, 0.717) is 28.2 Å². The Hall–Kier alpha value is -3.70. The number of amides is 2. The Morgan fingerprint density at radius 2 is 1.49 bits per heavy atom. The predicted octanol–water partition coefficient (Wildman–Crippen LogP) is 2.92. The van der Waals surface area contributed by atoms with E-state index in [4.69, 9.17) is 0 Å². The van der Waals surface area contributed by atoms with Crippen LogP contribution in [0, 0.1) is 9.39 Å². The standard InChI is InChI=1S/C32H35FIN4O3/c1-3-34(17-14-28(39)15-18-34)24-6-4-22(5-7-24)31(40)36-26-10-8-25(9-11-26)35-30-13-12-27(20-29(30)33)37-32(41)23-16-19-38(2)21-23/h4-13,16,19-21,28,35,39H,3,14-15,17-18H2,1-2H3,(H,36,40)(H,37,41)/q-1. The normalized spacial score (nSPS) is 20.0. The first kappa shape index (κ1) is 28.8. The zero-order valence-corrected chi connectivity index (χ0v) is 25.3. The maximum atomic E-state index is 14.8. The molecule has 5 rings (SSSR count). The molecule has 1 aromatic heterocycles. The van der Waals surface area contributed by atoms with Crippen LogP contribution >= 0.6 is 0 Å². The van der Waals surface area contributed by atoms with E-state index in [0.717, 1.165) is 21.7 Å². The number of hydrogen-bond donors (Lipinski definition) is 4. The van der Waals surface area contributed by atoms with E-state index in [-0.39, 0.29) is 23.6 Å². The SMILES string of the molecule is CC[I-]1(c2ccc(C(=O)Nc3ccc(Nc4ccc(NC(=O)c5ccn(C)c5)cc4F)cc3)cc2)CCC(O)CC1. The van der Waals surface area contributed by atoms with E-state index in [1.165, 1.54) is 14.1 Å². The molecule has 1 fully saturated rings. The number of rotatable bonds is 8. The summed E-state index contributed by atoms with van der Waals surface area (Å²) in [6.45, 7) is 2.27. The third-order valence-corrected chi connectivity index (χ3v) is 19.1. The van der Waals surface area contributed by atoms with Crippen molar-refractivity contribution in [3.63, 3.8) is 0 Å². The third kappa shape index (κ3) is 6.79. The Bertz CT molecular complexity index is 1530. The van der Waals surface area contributed by atoms with E-state index in [2.05, 4.69) is 35.0 Å². The molecule has 1 saturated heterocycles. The van der Waals surface area contributed by atoms with Crippen LogP contribution in [0.15, 0.2) is 85.2 Å². The second-order valence-corrected chi connectivity index (χ2v) is 20.7. The number of aromatic nitrogens is 1. The van der Waals surface area contributed by atoms with Crippen molar-refractivity contribution in [2.24, 2.45) is 7.05 Å². The molecule has 0 atom stereocenters. The number of carbonyl (C=O) groups is 2. The first-order valence-electron chi connectivity index (χ1n) is 13.6. The molecular weight excluding hydrogens is 634 g/mol. The number of aliphatic hydroxyl groups excluding tert-OH is 1. The van der Waals surface area contributed by atoms with Crippen LogP contribution in [0.5, 0.6) is 0 Å². The number of nitrogens with zero attached hydrogens (tertiary/aromatic N) is 1. The van der Waals surface area contributed by atoms with E-state index < -0.39 is 24.3 Å². The first-order chi connectivity index (χ1) is 19.7. The van der Waals surface area contributed by atoms with Gasteiger partial charge in [-0.2, -0.15) is 0 Å². The molecular formula is C32H35FIN4O3-. The van der Waals surface area contributed by atoms with Crippen molar-refractivity contribution >= 4 is 34.6 Å². The average Bonchev–Trinajstić information content (AvgIpc) is 3.42. The molecule has 0 bridgehead atoms. The molecule has 0 spiro atoms. The molecule has 0 saturated carbocycles. The summed E-state index contributed by atoms with van der Waals surface area (Å²) < 4.78 is 21.4. The fourth-order valence-electron chi connectivity index (χ4n) is 4.95. The Labute approximate surface area is 243 Å². The minimum atomic E-state index is -2.11. The molecule has 2 amide bonds. The van der Waals surface area contributed by atoms with Crippen LogP contribution in [-0.4, -0.2) is 40.9 Å². The molecule has 3 aromatic carbocycles. The molecule has 41 heavy (non-hydrogen) atoms. The summed E-state index contributed by atoms with van der Waals surface area (Å²) in [5, 5.41) is 18.6. The van der Waals surface area contributed by atoms with E-state index in [9.17, 15) is 19.1 Å². The third-order valence-electron chi connectivity index (χ3n) is 7.43. The first-order valence-corrected chi connectivity index (χ1v) is 19.3. The molecule has 0 radical (unpaired) electrons. The second-order valence-electron chi connectivity index (χ2n) is 10.2. The molecule has 4 aromatic rings. The molecule has 0 aliphatic carbocycles. The molecule has 1 aliphatic heterocycles. The second kappa shape index (κ2) is 12.4. The van der Waals surface area contributed by atoms with Gasteiger partial charge in [-0.3, -0.25) is 4.79 Å². The number of alkyl halides is 3. The molecule has 4 N–H and O–H groups in total. The number of anilines is 4. The summed E-state index contributed by atoms with van der Waals surface area (Å²) in [5.74, 6) is -1.00. The van der Waals surface area contributed by atoms with Gasteiger partial charge in [-0.25, -0.2) is 4.39 Å². The quantitative estimate of drug-likeness (QED) is 0.172. The Morgan fingerprint density at radius 1 is 0.878 bits per heavy atom. The van der Waals surface area contributed by atoms with Crippen molar-refractivity contribution in [1.29, 1.82) is 0 Å². The van der Waals surface area contributed by atoms with Gasteiger partial charge >= 0.3 is 159 Å². The van der Waals surface area contributed by atoms with Crippen LogP contribution in [0.1, 0.15) is 40.5 Å². The van der Waals surface area contributed by atoms with Gasteiger partial charge in [0.1, 0.15) is 5.82 Å². The topological polar surface area (TPSA) is 95.4 Å². The Morgan fingerprint density at radius 3 is 2.10 bits per heavy atom.